The second-order valence-corrected chi connectivity index (χ2v) is 4.03. The Morgan fingerprint density at radius 3 is 2.20 bits per heavy atom. The normalized spacial score (nSPS) is 21.3. The molecule has 3 nitrogen and oxygen atoms in total. The molecule has 2 rings (SSSR count). The van der Waals surface area contributed by atoms with Crippen molar-refractivity contribution in [3.63, 3.8) is 0 Å². The molecule has 3 heteroatoms. The number of phenolic OH excluding ortho intramolecular Hbond substituents is 1. The molecule has 0 heterocycles. The lowest BCUT2D eigenvalue weighted by Crippen LogP contribution is -2.12. The summed E-state index contributed by atoms with van der Waals surface area (Å²) in [5, 5.41) is 21.1. The summed E-state index contributed by atoms with van der Waals surface area (Å²) in [4.78, 5) is 0. The van der Waals surface area contributed by atoms with Gasteiger partial charge in [-0.1, -0.05) is 17.3 Å². The van der Waals surface area contributed by atoms with Gasteiger partial charge in [0.1, 0.15) is 5.75 Å². The Morgan fingerprint density at radius 2 is 1.67 bits per heavy atom. The summed E-state index contributed by atoms with van der Waals surface area (Å²) < 4.78 is 0. The summed E-state index contributed by atoms with van der Waals surface area (Å²) in [6.07, 6.45) is 3.82. The van der Waals surface area contributed by atoms with Gasteiger partial charge in [0.25, 0.3) is 0 Å². The lowest BCUT2D eigenvalue weighted by molar-refractivity contribution is 0.313. The third-order valence-corrected chi connectivity index (χ3v) is 3.07. The van der Waals surface area contributed by atoms with Crippen molar-refractivity contribution in [2.24, 2.45) is 5.16 Å². The molecular weight excluding hydrogens is 190 g/mol. The van der Waals surface area contributed by atoms with E-state index in [1.807, 2.05) is 12.1 Å². The first-order chi connectivity index (χ1) is 7.29. The van der Waals surface area contributed by atoms with Crippen LogP contribution in [-0.2, 0) is 0 Å². The highest BCUT2D eigenvalue weighted by Crippen LogP contribution is 2.32. The number of hydrogen-bond acceptors (Lipinski definition) is 3. The molecule has 0 unspecified atom stereocenters. The van der Waals surface area contributed by atoms with Gasteiger partial charge in [-0.2, -0.15) is 0 Å². The fourth-order valence-corrected chi connectivity index (χ4v) is 2.13. The van der Waals surface area contributed by atoms with Crippen molar-refractivity contribution in [1.29, 1.82) is 0 Å². The Morgan fingerprint density at radius 1 is 1.07 bits per heavy atom. The molecule has 1 saturated carbocycles. The largest absolute Gasteiger partial charge is 0.508 e. The molecule has 1 aromatic rings. The van der Waals surface area contributed by atoms with Crippen LogP contribution in [0.2, 0.25) is 0 Å². The summed E-state index contributed by atoms with van der Waals surface area (Å²) in [5.74, 6) is 0.850. The fourth-order valence-electron chi connectivity index (χ4n) is 2.13. The lowest BCUT2D eigenvalue weighted by atomic mass is 9.83. The van der Waals surface area contributed by atoms with E-state index in [-0.39, 0.29) is 0 Å². The molecule has 15 heavy (non-hydrogen) atoms. The van der Waals surface area contributed by atoms with Gasteiger partial charge in [-0.3, -0.25) is 0 Å². The number of phenols is 1. The van der Waals surface area contributed by atoms with E-state index in [2.05, 4.69) is 5.16 Å². The van der Waals surface area contributed by atoms with E-state index in [0.29, 0.717) is 11.7 Å². The lowest BCUT2D eigenvalue weighted by Gasteiger charge is -2.22. The molecule has 0 atom stereocenters. The highest BCUT2D eigenvalue weighted by molar-refractivity contribution is 5.84. The smallest absolute Gasteiger partial charge is 0.115 e. The molecule has 0 amide bonds. The van der Waals surface area contributed by atoms with Crippen LogP contribution in [-0.4, -0.2) is 16.0 Å². The first kappa shape index (κ1) is 10.0. The maximum absolute atomic E-state index is 9.18. The summed E-state index contributed by atoms with van der Waals surface area (Å²) in [6.45, 7) is 0. The summed E-state index contributed by atoms with van der Waals surface area (Å²) in [5.41, 5.74) is 2.18. The van der Waals surface area contributed by atoms with Gasteiger partial charge in [0.15, 0.2) is 0 Å². The van der Waals surface area contributed by atoms with Crippen molar-refractivity contribution in [3.05, 3.63) is 29.8 Å². The van der Waals surface area contributed by atoms with Crippen LogP contribution in [0.5, 0.6) is 5.75 Å². The second kappa shape index (κ2) is 4.34. The zero-order valence-corrected chi connectivity index (χ0v) is 8.56. The first-order valence-electron chi connectivity index (χ1n) is 5.28. The number of nitrogens with zero attached hydrogens (tertiary/aromatic N) is 1. The fraction of sp³-hybridized carbons (Fsp3) is 0.417. The van der Waals surface area contributed by atoms with E-state index in [0.717, 1.165) is 31.4 Å². The maximum atomic E-state index is 9.18. The molecule has 1 aliphatic rings. The van der Waals surface area contributed by atoms with E-state index in [1.54, 1.807) is 12.1 Å². The monoisotopic (exact) mass is 205 g/mol. The number of benzene rings is 1. The number of rotatable bonds is 1. The molecule has 1 aromatic carbocycles. The summed E-state index contributed by atoms with van der Waals surface area (Å²) >= 11 is 0. The topological polar surface area (TPSA) is 52.8 Å². The van der Waals surface area contributed by atoms with Gasteiger partial charge < -0.3 is 10.3 Å². The van der Waals surface area contributed by atoms with E-state index in [1.165, 1.54) is 5.56 Å². The Kier molecular flexibility index (Phi) is 2.90. The second-order valence-electron chi connectivity index (χ2n) is 4.03. The third-order valence-electron chi connectivity index (χ3n) is 3.07. The highest BCUT2D eigenvalue weighted by atomic mass is 16.4. The Hall–Kier alpha value is -1.51. The molecule has 0 aromatic heterocycles. The molecule has 80 valence electrons. The van der Waals surface area contributed by atoms with Crippen molar-refractivity contribution >= 4 is 5.71 Å². The minimum Gasteiger partial charge on any atom is -0.508 e. The minimum atomic E-state index is 0.312. The van der Waals surface area contributed by atoms with Crippen molar-refractivity contribution in [3.8, 4) is 5.75 Å². The number of hydrogen-bond donors (Lipinski definition) is 2. The van der Waals surface area contributed by atoms with Crippen LogP contribution in [0.4, 0.5) is 0 Å². The van der Waals surface area contributed by atoms with E-state index in [9.17, 15) is 5.11 Å². The van der Waals surface area contributed by atoms with Crippen LogP contribution >= 0.6 is 0 Å². The Balaban J connectivity index is 2.04. The first-order valence-corrected chi connectivity index (χ1v) is 5.28. The zero-order valence-electron chi connectivity index (χ0n) is 8.56. The molecule has 1 aliphatic carbocycles. The van der Waals surface area contributed by atoms with E-state index < -0.39 is 0 Å². The van der Waals surface area contributed by atoms with E-state index in [4.69, 9.17) is 5.21 Å². The highest BCUT2D eigenvalue weighted by Gasteiger charge is 2.19. The van der Waals surface area contributed by atoms with Crippen molar-refractivity contribution in [2.75, 3.05) is 0 Å². The Labute approximate surface area is 89.1 Å². The van der Waals surface area contributed by atoms with Gasteiger partial charge in [0, 0.05) is 0 Å². The molecule has 0 aliphatic heterocycles. The minimum absolute atomic E-state index is 0.312. The summed E-state index contributed by atoms with van der Waals surface area (Å²) in [7, 11) is 0. The van der Waals surface area contributed by atoms with Gasteiger partial charge in [0.2, 0.25) is 0 Å². The Bertz CT molecular complexity index is 346. The molecule has 0 radical (unpaired) electrons. The van der Waals surface area contributed by atoms with Gasteiger partial charge in [0.05, 0.1) is 5.71 Å². The predicted octanol–water partition coefficient (Wildman–Crippen LogP) is 2.88. The number of aromatic hydroxyl groups is 1. The van der Waals surface area contributed by atoms with Crippen LogP contribution in [0.15, 0.2) is 29.4 Å². The molecular formula is C12H15NO2. The standard InChI is InChI=1S/C12H15NO2/c14-12-7-3-10(4-8-12)9-1-5-11(13-15)6-2-9/h3-4,7-9,14-15H,1-2,5-6H2. The van der Waals surface area contributed by atoms with Crippen molar-refractivity contribution in [1.82, 2.24) is 0 Å². The van der Waals surface area contributed by atoms with Crippen LogP contribution in [0.3, 0.4) is 0 Å². The average Bonchev–Trinajstić information content (AvgIpc) is 2.30. The molecule has 2 N–H and O–H groups in total. The summed E-state index contributed by atoms with van der Waals surface area (Å²) in [6, 6.07) is 7.40. The maximum Gasteiger partial charge on any atom is 0.115 e. The predicted molar refractivity (Wildman–Crippen MR) is 58.5 cm³/mol. The molecule has 0 spiro atoms. The quantitative estimate of drug-likeness (QED) is 0.547. The third kappa shape index (κ3) is 2.29. The van der Waals surface area contributed by atoms with Gasteiger partial charge in [-0.25, -0.2) is 0 Å². The van der Waals surface area contributed by atoms with Gasteiger partial charge >= 0.3 is 0 Å². The molecule has 0 bridgehead atoms. The van der Waals surface area contributed by atoms with Crippen molar-refractivity contribution in [2.45, 2.75) is 31.6 Å². The molecule has 0 saturated heterocycles. The SMILES string of the molecule is ON=C1CCC(c2ccc(O)cc2)CC1. The van der Waals surface area contributed by atoms with Crippen LogP contribution in [0.25, 0.3) is 0 Å². The van der Waals surface area contributed by atoms with Gasteiger partial charge in [-0.15, -0.1) is 0 Å². The molecule has 1 fully saturated rings. The van der Waals surface area contributed by atoms with Crippen LogP contribution in [0.1, 0.15) is 37.2 Å². The van der Waals surface area contributed by atoms with Gasteiger partial charge in [-0.05, 0) is 49.3 Å². The van der Waals surface area contributed by atoms with Crippen molar-refractivity contribution < 1.29 is 10.3 Å². The zero-order chi connectivity index (χ0) is 10.7. The number of oxime groups is 1. The average molecular weight is 205 g/mol. The van der Waals surface area contributed by atoms with Crippen LogP contribution in [0, 0.1) is 0 Å². The van der Waals surface area contributed by atoms with Crippen LogP contribution < -0.4 is 0 Å². The van der Waals surface area contributed by atoms with E-state index >= 15 is 0 Å².